The minimum Gasteiger partial charge on any atom is -0.416 e. The molecular weight excluding hydrogens is 400 g/mol. The third-order valence-electron chi connectivity index (χ3n) is 3.60. The number of nitrogens with two attached hydrogens (primary N) is 1. The molecule has 14 heteroatoms. The minimum absolute atomic E-state index is 0.0615. The van der Waals surface area contributed by atoms with Gasteiger partial charge in [0.2, 0.25) is 0 Å². The van der Waals surface area contributed by atoms with Gasteiger partial charge in [0.1, 0.15) is 6.26 Å². The number of hydrogen-bond donors (Lipinski definition) is 2. The molecule has 3 N–H and O–H groups in total. The molecule has 1 aromatic rings. The first-order chi connectivity index (χ1) is 13.3. The van der Waals surface area contributed by atoms with Gasteiger partial charge in [0.15, 0.2) is 5.69 Å². The van der Waals surface area contributed by atoms with Crippen LogP contribution in [0.25, 0.3) is 0 Å². The van der Waals surface area contributed by atoms with Gasteiger partial charge in [0.25, 0.3) is 5.91 Å². The Kier molecular flexibility index (Phi) is 8.13. The summed E-state index contributed by atoms with van der Waals surface area (Å²) < 4.78 is 52.7. The monoisotopic (exact) mass is 422 g/mol. The van der Waals surface area contributed by atoms with Crippen LogP contribution in [0.5, 0.6) is 6.08 Å². The summed E-state index contributed by atoms with van der Waals surface area (Å²) in [4.78, 5) is 26.2. The second-order valence-corrected chi connectivity index (χ2v) is 7.27. The summed E-state index contributed by atoms with van der Waals surface area (Å²) in [6.45, 7) is 1.52. The molecular formula is C14H22N4O9S. The Balaban J connectivity index is 1.88. The molecule has 1 aromatic heterocycles. The van der Waals surface area contributed by atoms with Crippen LogP contribution in [-0.4, -0.2) is 82.4 Å². The maximum Gasteiger partial charge on any atom is 0.413 e. The lowest BCUT2D eigenvalue weighted by Crippen LogP contribution is -2.44. The summed E-state index contributed by atoms with van der Waals surface area (Å²) in [5.41, 5.74) is 4.40. The van der Waals surface area contributed by atoms with Gasteiger partial charge in [0.05, 0.1) is 32.5 Å². The molecule has 2 heterocycles. The normalized spacial score (nSPS) is 18.4. The van der Waals surface area contributed by atoms with Gasteiger partial charge in [-0.1, -0.05) is 0 Å². The molecule has 1 fully saturated rings. The summed E-state index contributed by atoms with van der Waals surface area (Å²) in [5, 5.41) is 0. The Morgan fingerprint density at radius 1 is 1.39 bits per heavy atom. The Labute approximate surface area is 161 Å². The van der Waals surface area contributed by atoms with E-state index in [4.69, 9.17) is 24.4 Å². The standard InChI is InChI=1S/C14H22N4O9S/c1-23-6-7-24-8-10-2-3-18(4-5-25-10)28(21,22)17-12(19)11-9-26-14(16-11)27-13(15)20/h9-10H,2-8H2,1H3,(H2,15,20)(H,17,19). The lowest BCUT2D eigenvalue weighted by molar-refractivity contribution is -0.0218. The zero-order valence-electron chi connectivity index (χ0n) is 15.2. The van der Waals surface area contributed by atoms with E-state index in [1.807, 2.05) is 4.72 Å². The highest BCUT2D eigenvalue weighted by Crippen LogP contribution is 2.13. The molecule has 0 aromatic carbocycles. The quantitative estimate of drug-likeness (QED) is 0.463. The summed E-state index contributed by atoms with van der Waals surface area (Å²) in [7, 11) is -2.58. The zero-order valence-corrected chi connectivity index (χ0v) is 16.0. The van der Waals surface area contributed by atoms with Crippen molar-refractivity contribution in [2.45, 2.75) is 12.5 Å². The molecule has 0 bridgehead atoms. The first kappa shape index (κ1) is 22.0. The van der Waals surface area contributed by atoms with Gasteiger partial charge in [-0.2, -0.15) is 17.7 Å². The molecule has 13 nitrogen and oxygen atoms in total. The predicted octanol–water partition coefficient (Wildman–Crippen LogP) is -1.14. The van der Waals surface area contributed by atoms with Crippen molar-refractivity contribution in [1.82, 2.24) is 14.0 Å². The molecule has 0 radical (unpaired) electrons. The highest BCUT2D eigenvalue weighted by Gasteiger charge is 2.29. The van der Waals surface area contributed by atoms with Crippen LogP contribution >= 0.6 is 0 Å². The van der Waals surface area contributed by atoms with Crippen molar-refractivity contribution in [2.24, 2.45) is 5.73 Å². The molecule has 0 aliphatic carbocycles. The second-order valence-electron chi connectivity index (χ2n) is 5.60. The Bertz CT molecular complexity index is 767. The summed E-state index contributed by atoms with van der Waals surface area (Å²) >= 11 is 0. The van der Waals surface area contributed by atoms with Gasteiger partial charge in [-0.15, -0.1) is 0 Å². The van der Waals surface area contributed by atoms with Crippen LogP contribution in [0.2, 0.25) is 0 Å². The van der Waals surface area contributed by atoms with Crippen LogP contribution in [0.15, 0.2) is 10.7 Å². The van der Waals surface area contributed by atoms with Gasteiger partial charge in [-0.3, -0.25) is 4.79 Å². The first-order valence-corrected chi connectivity index (χ1v) is 9.69. The molecule has 158 valence electrons. The molecule has 1 atom stereocenters. The Hall–Kier alpha value is -2.26. The van der Waals surface area contributed by atoms with Crippen molar-refractivity contribution in [3.05, 3.63) is 12.0 Å². The van der Waals surface area contributed by atoms with Crippen LogP contribution in [-0.2, 0) is 24.4 Å². The molecule has 0 spiro atoms. The van der Waals surface area contributed by atoms with E-state index in [0.717, 1.165) is 10.6 Å². The number of amides is 2. The van der Waals surface area contributed by atoms with Crippen LogP contribution < -0.4 is 15.2 Å². The van der Waals surface area contributed by atoms with Crippen molar-refractivity contribution in [1.29, 1.82) is 0 Å². The number of ether oxygens (including phenoxy) is 4. The number of aromatic nitrogens is 1. The van der Waals surface area contributed by atoms with E-state index in [2.05, 4.69) is 9.72 Å². The number of rotatable bonds is 9. The van der Waals surface area contributed by atoms with Crippen molar-refractivity contribution in [3.8, 4) is 6.08 Å². The molecule has 2 rings (SSSR count). The molecule has 1 saturated heterocycles. The fourth-order valence-corrected chi connectivity index (χ4v) is 3.39. The number of nitrogens with one attached hydrogen (secondary N) is 1. The first-order valence-electron chi connectivity index (χ1n) is 8.25. The fourth-order valence-electron chi connectivity index (χ4n) is 2.26. The maximum atomic E-state index is 12.4. The lowest BCUT2D eigenvalue weighted by Gasteiger charge is -2.19. The van der Waals surface area contributed by atoms with E-state index in [-0.39, 0.29) is 25.8 Å². The van der Waals surface area contributed by atoms with Crippen molar-refractivity contribution in [2.75, 3.05) is 46.6 Å². The smallest absolute Gasteiger partial charge is 0.413 e. The lowest BCUT2D eigenvalue weighted by atomic mass is 10.3. The second kappa shape index (κ2) is 10.3. The van der Waals surface area contributed by atoms with E-state index >= 15 is 0 Å². The summed E-state index contributed by atoms with van der Waals surface area (Å²) in [5.74, 6) is -1.05. The predicted molar refractivity (Wildman–Crippen MR) is 91.7 cm³/mol. The van der Waals surface area contributed by atoms with Crippen LogP contribution in [0, 0.1) is 0 Å². The van der Waals surface area contributed by atoms with Gasteiger partial charge >= 0.3 is 22.4 Å². The van der Waals surface area contributed by atoms with E-state index in [1.54, 1.807) is 7.11 Å². The van der Waals surface area contributed by atoms with Gasteiger partial charge in [-0.05, 0) is 6.42 Å². The van der Waals surface area contributed by atoms with Crippen molar-refractivity contribution >= 4 is 22.2 Å². The summed E-state index contributed by atoms with van der Waals surface area (Å²) in [6, 6.07) is 0. The van der Waals surface area contributed by atoms with E-state index in [1.165, 1.54) is 0 Å². The average Bonchev–Trinajstić information content (AvgIpc) is 2.94. The van der Waals surface area contributed by atoms with E-state index in [0.29, 0.717) is 26.2 Å². The third-order valence-corrected chi connectivity index (χ3v) is 5.08. The van der Waals surface area contributed by atoms with Crippen molar-refractivity contribution in [3.63, 3.8) is 0 Å². The SMILES string of the molecule is COCCOCC1CCN(S(=O)(=O)NC(=O)c2coc(OC(N)=O)n2)CCO1. The number of primary amides is 1. The molecule has 2 amide bonds. The number of hydrogen-bond acceptors (Lipinski definition) is 10. The third kappa shape index (κ3) is 6.72. The number of oxazole rings is 1. The summed E-state index contributed by atoms with van der Waals surface area (Å²) in [6.07, 6.45) is -0.803. The van der Waals surface area contributed by atoms with Crippen LogP contribution in [0.1, 0.15) is 16.9 Å². The molecule has 1 aliphatic heterocycles. The van der Waals surface area contributed by atoms with Crippen LogP contribution in [0.3, 0.4) is 0 Å². The molecule has 0 saturated carbocycles. The van der Waals surface area contributed by atoms with E-state index < -0.39 is 34.0 Å². The largest absolute Gasteiger partial charge is 0.416 e. The van der Waals surface area contributed by atoms with Crippen LogP contribution in [0.4, 0.5) is 4.79 Å². The number of nitrogens with zero attached hydrogens (tertiary/aromatic N) is 2. The molecule has 1 unspecified atom stereocenters. The highest BCUT2D eigenvalue weighted by atomic mass is 32.2. The van der Waals surface area contributed by atoms with Gasteiger partial charge < -0.3 is 29.1 Å². The molecule has 1 aliphatic rings. The number of methoxy groups -OCH3 is 1. The topological polar surface area (TPSA) is 173 Å². The maximum absolute atomic E-state index is 12.4. The molecule has 28 heavy (non-hydrogen) atoms. The fraction of sp³-hybridized carbons (Fsp3) is 0.643. The number of carbonyl (C=O) groups is 2. The van der Waals surface area contributed by atoms with E-state index in [9.17, 15) is 18.0 Å². The van der Waals surface area contributed by atoms with Gasteiger partial charge in [0, 0.05) is 20.2 Å². The minimum atomic E-state index is -4.14. The van der Waals surface area contributed by atoms with Crippen molar-refractivity contribution < 1.29 is 41.4 Å². The average molecular weight is 422 g/mol. The Morgan fingerprint density at radius 2 is 2.18 bits per heavy atom. The highest BCUT2D eigenvalue weighted by molar-refractivity contribution is 7.87. The number of carbonyl (C=O) groups excluding carboxylic acids is 2. The van der Waals surface area contributed by atoms with Gasteiger partial charge in [-0.25, -0.2) is 9.52 Å². The Morgan fingerprint density at radius 3 is 2.89 bits per heavy atom. The zero-order chi connectivity index (χ0) is 20.6.